The lowest BCUT2D eigenvalue weighted by Gasteiger charge is -2.01. The van der Waals surface area contributed by atoms with Gasteiger partial charge in [0.05, 0.1) is 35.0 Å². The van der Waals surface area contributed by atoms with Crippen molar-refractivity contribution in [2.24, 2.45) is 0 Å². The maximum atomic E-state index is 13.3. The van der Waals surface area contributed by atoms with Gasteiger partial charge in [-0.3, -0.25) is 10.1 Å². The lowest BCUT2D eigenvalue weighted by molar-refractivity contribution is -0.385. The van der Waals surface area contributed by atoms with Crippen LogP contribution in [-0.2, 0) is 4.74 Å². The van der Waals surface area contributed by atoms with E-state index < -0.39 is 22.4 Å². The normalized spacial score (nSPS) is 10.3. The smallest absolute Gasteiger partial charge is 0.341 e. The van der Waals surface area contributed by atoms with E-state index in [0.29, 0.717) is 0 Å². The molecule has 0 atom stereocenters. The number of non-ortho nitro benzene ring substituents is 1. The SMILES string of the molecule is CCOC(=O)c1cnn(-c2cc(F)cc([N+](=O)[O-])c2)c1. The number of carbonyl (C=O) groups is 1. The van der Waals surface area contributed by atoms with Crippen molar-refractivity contribution < 1.29 is 18.8 Å². The molecule has 1 aromatic heterocycles. The predicted molar refractivity (Wildman–Crippen MR) is 66.1 cm³/mol. The molecule has 0 bridgehead atoms. The molecule has 0 aliphatic rings. The summed E-state index contributed by atoms with van der Waals surface area (Å²) in [4.78, 5) is 21.4. The van der Waals surface area contributed by atoms with Crippen LogP contribution in [0.1, 0.15) is 17.3 Å². The van der Waals surface area contributed by atoms with E-state index in [9.17, 15) is 19.3 Å². The van der Waals surface area contributed by atoms with Crippen LogP contribution in [0, 0.1) is 15.9 Å². The second-order valence-electron chi connectivity index (χ2n) is 3.82. The van der Waals surface area contributed by atoms with E-state index in [-0.39, 0.29) is 17.9 Å². The Morgan fingerprint density at radius 1 is 1.50 bits per heavy atom. The first kappa shape index (κ1) is 13.7. The third kappa shape index (κ3) is 2.79. The molecule has 104 valence electrons. The highest BCUT2D eigenvalue weighted by atomic mass is 19.1. The molecule has 0 unspecified atom stereocenters. The van der Waals surface area contributed by atoms with Crippen LogP contribution < -0.4 is 0 Å². The number of nitro groups is 1. The number of aromatic nitrogens is 2. The number of hydrogen-bond donors (Lipinski definition) is 0. The van der Waals surface area contributed by atoms with Crippen molar-refractivity contribution in [2.75, 3.05) is 6.61 Å². The standard InChI is InChI=1S/C12H10FN3O4/c1-2-20-12(17)8-6-14-15(7-8)10-3-9(13)4-11(5-10)16(18)19/h3-7H,2H2,1H3. The van der Waals surface area contributed by atoms with Crippen molar-refractivity contribution >= 4 is 11.7 Å². The fourth-order valence-corrected chi connectivity index (χ4v) is 1.58. The molecule has 0 amide bonds. The molecular weight excluding hydrogens is 269 g/mol. The van der Waals surface area contributed by atoms with Crippen LogP contribution in [-0.4, -0.2) is 27.3 Å². The van der Waals surface area contributed by atoms with Gasteiger partial charge in [-0.1, -0.05) is 0 Å². The van der Waals surface area contributed by atoms with Crippen molar-refractivity contribution in [3.05, 3.63) is 52.1 Å². The highest BCUT2D eigenvalue weighted by molar-refractivity contribution is 5.88. The van der Waals surface area contributed by atoms with E-state index in [1.165, 1.54) is 17.1 Å². The molecule has 0 N–H and O–H groups in total. The minimum absolute atomic E-state index is 0.146. The number of rotatable bonds is 4. The van der Waals surface area contributed by atoms with Gasteiger partial charge < -0.3 is 4.74 Å². The van der Waals surface area contributed by atoms with Crippen molar-refractivity contribution in [3.63, 3.8) is 0 Å². The second-order valence-corrected chi connectivity index (χ2v) is 3.82. The molecule has 20 heavy (non-hydrogen) atoms. The molecular formula is C12H10FN3O4. The lowest BCUT2D eigenvalue weighted by Crippen LogP contribution is -2.03. The maximum Gasteiger partial charge on any atom is 0.341 e. The summed E-state index contributed by atoms with van der Waals surface area (Å²) in [5.74, 6) is -1.33. The fourth-order valence-electron chi connectivity index (χ4n) is 1.58. The van der Waals surface area contributed by atoms with Crippen LogP contribution >= 0.6 is 0 Å². The number of nitro benzene ring substituents is 1. The number of carbonyl (C=O) groups excluding carboxylic acids is 1. The van der Waals surface area contributed by atoms with Crippen molar-refractivity contribution in [2.45, 2.75) is 6.92 Å². The van der Waals surface area contributed by atoms with Crippen LogP contribution in [0.5, 0.6) is 0 Å². The molecule has 0 radical (unpaired) electrons. The van der Waals surface area contributed by atoms with Crippen molar-refractivity contribution in [3.8, 4) is 5.69 Å². The molecule has 2 aromatic rings. The Morgan fingerprint density at radius 3 is 2.90 bits per heavy atom. The van der Waals surface area contributed by atoms with E-state index in [1.54, 1.807) is 6.92 Å². The Morgan fingerprint density at radius 2 is 2.25 bits per heavy atom. The predicted octanol–water partition coefficient (Wildman–Crippen LogP) is 2.10. The van der Waals surface area contributed by atoms with Crippen LogP contribution in [0.3, 0.4) is 0 Å². The molecule has 1 heterocycles. The Kier molecular flexibility index (Phi) is 3.74. The van der Waals surface area contributed by atoms with Gasteiger partial charge in [0, 0.05) is 18.3 Å². The third-order valence-electron chi connectivity index (χ3n) is 2.44. The quantitative estimate of drug-likeness (QED) is 0.486. The van der Waals surface area contributed by atoms with Gasteiger partial charge in [-0.2, -0.15) is 5.10 Å². The van der Waals surface area contributed by atoms with E-state index >= 15 is 0 Å². The summed E-state index contributed by atoms with van der Waals surface area (Å²) in [5, 5.41) is 14.5. The summed E-state index contributed by atoms with van der Waals surface area (Å²) >= 11 is 0. The Labute approximate surface area is 112 Å². The Hall–Kier alpha value is -2.77. The first-order chi connectivity index (χ1) is 9.51. The molecule has 2 rings (SSSR count). The topological polar surface area (TPSA) is 87.3 Å². The number of ether oxygens (including phenoxy) is 1. The highest BCUT2D eigenvalue weighted by Crippen LogP contribution is 2.19. The van der Waals surface area contributed by atoms with Gasteiger partial charge >= 0.3 is 5.97 Å². The molecule has 0 aliphatic carbocycles. The highest BCUT2D eigenvalue weighted by Gasteiger charge is 2.14. The van der Waals surface area contributed by atoms with Gasteiger partial charge in [-0.05, 0) is 6.92 Å². The monoisotopic (exact) mass is 279 g/mol. The van der Waals surface area contributed by atoms with Gasteiger partial charge in [0.1, 0.15) is 5.82 Å². The Bertz CT molecular complexity index is 668. The summed E-state index contributed by atoms with van der Waals surface area (Å²) in [5.41, 5.74) is -0.0702. The summed E-state index contributed by atoms with van der Waals surface area (Å²) < 4.78 is 19.3. The fraction of sp³-hybridized carbons (Fsp3) is 0.167. The molecule has 0 fully saturated rings. The van der Waals surface area contributed by atoms with Crippen molar-refractivity contribution in [1.29, 1.82) is 0 Å². The summed E-state index contributed by atoms with van der Waals surface area (Å²) in [7, 11) is 0. The lowest BCUT2D eigenvalue weighted by atomic mass is 10.2. The van der Waals surface area contributed by atoms with Crippen LogP contribution in [0.2, 0.25) is 0 Å². The Balaban J connectivity index is 2.37. The van der Waals surface area contributed by atoms with E-state index in [1.807, 2.05) is 0 Å². The number of nitrogens with zero attached hydrogens (tertiary/aromatic N) is 3. The first-order valence-corrected chi connectivity index (χ1v) is 5.68. The average molecular weight is 279 g/mol. The number of hydrogen-bond acceptors (Lipinski definition) is 5. The van der Waals surface area contributed by atoms with E-state index in [0.717, 1.165) is 18.2 Å². The van der Waals surface area contributed by atoms with Gasteiger partial charge in [-0.25, -0.2) is 13.9 Å². The largest absolute Gasteiger partial charge is 0.462 e. The zero-order chi connectivity index (χ0) is 14.7. The second kappa shape index (κ2) is 5.47. The third-order valence-corrected chi connectivity index (χ3v) is 2.44. The molecule has 8 heteroatoms. The van der Waals surface area contributed by atoms with Crippen LogP contribution in [0.4, 0.5) is 10.1 Å². The number of benzene rings is 1. The minimum atomic E-state index is -0.762. The van der Waals surface area contributed by atoms with Crippen molar-refractivity contribution in [1.82, 2.24) is 9.78 Å². The van der Waals surface area contributed by atoms with Gasteiger partial charge in [0.25, 0.3) is 5.69 Å². The van der Waals surface area contributed by atoms with Gasteiger partial charge in [-0.15, -0.1) is 0 Å². The molecule has 0 spiro atoms. The zero-order valence-corrected chi connectivity index (χ0v) is 10.4. The van der Waals surface area contributed by atoms with Crippen LogP contribution in [0.15, 0.2) is 30.6 Å². The molecule has 7 nitrogen and oxygen atoms in total. The summed E-state index contributed by atoms with van der Waals surface area (Å²) in [6.45, 7) is 1.88. The molecule has 0 saturated carbocycles. The molecule has 0 saturated heterocycles. The average Bonchev–Trinajstić information content (AvgIpc) is 2.88. The molecule has 0 aliphatic heterocycles. The maximum absolute atomic E-state index is 13.3. The zero-order valence-electron chi connectivity index (χ0n) is 10.4. The van der Waals surface area contributed by atoms with E-state index in [2.05, 4.69) is 5.10 Å². The summed E-state index contributed by atoms with van der Waals surface area (Å²) in [6, 6.07) is 3.04. The van der Waals surface area contributed by atoms with Gasteiger partial charge in [0.15, 0.2) is 0 Å². The first-order valence-electron chi connectivity index (χ1n) is 5.68. The number of esters is 1. The van der Waals surface area contributed by atoms with Crippen LogP contribution in [0.25, 0.3) is 5.69 Å². The summed E-state index contributed by atoms with van der Waals surface area (Å²) in [6.07, 6.45) is 2.56. The number of halogens is 1. The minimum Gasteiger partial charge on any atom is -0.462 e. The molecule has 1 aromatic carbocycles. The van der Waals surface area contributed by atoms with E-state index in [4.69, 9.17) is 4.74 Å². The van der Waals surface area contributed by atoms with Gasteiger partial charge in [0.2, 0.25) is 0 Å².